The van der Waals surface area contributed by atoms with Crippen molar-refractivity contribution in [2.45, 2.75) is 34.9 Å². The Hall–Kier alpha value is -3.75. The molecule has 0 radical (unpaired) electrons. The van der Waals surface area contributed by atoms with Gasteiger partial charge in [-0.2, -0.15) is 4.31 Å². The first kappa shape index (κ1) is 28.8. The predicted molar refractivity (Wildman–Crippen MR) is 147 cm³/mol. The molecule has 41 heavy (non-hydrogen) atoms. The van der Waals surface area contributed by atoms with Crippen LogP contribution in [0.15, 0.2) is 76.7 Å². The molecule has 0 amide bonds. The van der Waals surface area contributed by atoms with Crippen molar-refractivity contribution >= 4 is 31.8 Å². The third-order valence-corrected chi connectivity index (χ3v) is 12.4. The van der Waals surface area contributed by atoms with Crippen LogP contribution in [0.1, 0.15) is 35.0 Å². The van der Waals surface area contributed by atoms with Crippen molar-refractivity contribution < 1.29 is 30.4 Å². The molecule has 1 saturated heterocycles. The number of ketones is 1. The smallest absolute Gasteiger partial charge is 0.247 e. The Morgan fingerprint density at radius 3 is 2.46 bits per heavy atom. The molecule has 0 saturated carbocycles. The highest BCUT2D eigenvalue weighted by molar-refractivity contribution is 7.91. The normalized spacial score (nSPS) is 24.4. The summed E-state index contributed by atoms with van der Waals surface area (Å²) < 4.78 is 83.9. The zero-order valence-corrected chi connectivity index (χ0v) is 23.8. The number of hydrogen-bond acceptors (Lipinski definition) is 8. The van der Waals surface area contributed by atoms with Gasteiger partial charge in [0, 0.05) is 32.1 Å². The summed E-state index contributed by atoms with van der Waals surface area (Å²) in [5.74, 6) is -2.27. The Balaban J connectivity index is 1.61. The second kappa shape index (κ2) is 9.96. The number of aliphatic imine (C=N–C) groups is 1. The van der Waals surface area contributed by atoms with Crippen LogP contribution in [0.5, 0.6) is 0 Å². The van der Waals surface area contributed by atoms with E-state index in [1.54, 1.807) is 18.2 Å². The third-order valence-electron chi connectivity index (χ3n) is 7.91. The highest BCUT2D eigenvalue weighted by Gasteiger charge is 2.67. The number of Topliss-reactive ketones (excluding diaryl/α,β-unsaturated/α-hetero) is 1. The zero-order chi connectivity index (χ0) is 29.8. The Labute approximate surface area is 236 Å². The molecule has 2 aromatic carbocycles. The number of guanidine groups is 1. The topological polar surface area (TPSA) is 143 Å². The van der Waals surface area contributed by atoms with Gasteiger partial charge < -0.3 is 5.73 Å². The lowest BCUT2D eigenvalue weighted by Gasteiger charge is -2.48. The lowest BCUT2D eigenvalue weighted by atomic mass is 9.77. The van der Waals surface area contributed by atoms with Crippen LogP contribution in [-0.2, 0) is 32.0 Å². The maximum Gasteiger partial charge on any atom is 0.247 e. The maximum atomic E-state index is 15.6. The van der Waals surface area contributed by atoms with Gasteiger partial charge in [-0.3, -0.25) is 9.78 Å². The second-order valence-corrected chi connectivity index (χ2v) is 14.4. The van der Waals surface area contributed by atoms with Crippen LogP contribution >= 0.6 is 0 Å². The number of carbonyl (C=O) groups excluding carboxylic acids is 1. The first-order chi connectivity index (χ1) is 19.2. The Bertz CT molecular complexity index is 1770. The number of halogens is 2. The van der Waals surface area contributed by atoms with Crippen molar-refractivity contribution in [3.05, 3.63) is 95.3 Å². The minimum atomic E-state index is -4.39. The van der Waals surface area contributed by atoms with Gasteiger partial charge in [0.1, 0.15) is 27.6 Å². The van der Waals surface area contributed by atoms with Crippen molar-refractivity contribution in [3.8, 4) is 0 Å². The quantitative estimate of drug-likeness (QED) is 0.427. The van der Waals surface area contributed by atoms with Gasteiger partial charge in [0.15, 0.2) is 5.78 Å². The molecule has 0 unspecified atom stereocenters. The molecule has 0 bridgehead atoms. The fourth-order valence-electron chi connectivity index (χ4n) is 5.52. The standard InChI is InChI=1S/C27H27F2N5O5S2/c1-26(21-14-18(8-10-22(21)29)15-24(35)23-11-9-19(28)16-31-23)27(41(38,39)33(2)25(30)32-26)12-13-34(17-27)40(36,37)20-6-4-3-5-7-20/h3-11,14,16H,12-13,15,17H2,1-2H3,(H2,30,32)/t26-,27-/m1/s1. The Kier molecular flexibility index (Phi) is 6.99. The zero-order valence-electron chi connectivity index (χ0n) is 22.2. The minimum absolute atomic E-state index is 0.00152. The van der Waals surface area contributed by atoms with Gasteiger partial charge in [0.05, 0.1) is 11.1 Å². The minimum Gasteiger partial charge on any atom is -0.369 e. The van der Waals surface area contributed by atoms with E-state index in [4.69, 9.17) is 5.73 Å². The van der Waals surface area contributed by atoms with Gasteiger partial charge in [-0.25, -0.2) is 34.9 Å². The van der Waals surface area contributed by atoms with Crippen LogP contribution in [0.3, 0.4) is 0 Å². The van der Waals surface area contributed by atoms with Crippen molar-refractivity contribution in [1.29, 1.82) is 0 Å². The van der Waals surface area contributed by atoms with Crippen LogP contribution in [0.2, 0.25) is 0 Å². The lowest BCUT2D eigenvalue weighted by molar-refractivity contribution is 0.0988. The molecule has 1 aromatic heterocycles. The molecule has 2 N–H and O–H groups in total. The average Bonchev–Trinajstić information content (AvgIpc) is 3.42. The molecule has 5 rings (SSSR count). The van der Waals surface area contributed by atoms with Crippen molar-refractivity contribution in [2.24, 2.45) is 10.7 Å². The van der Waals surface area contributed by atoms with Gasteiger partial charge in [0.2, 0.25) is 26.0 Å². The second-order valence-electron chi connectivity index (χ2n) is 10.2. The molecular weight excluding hydrogens is 576 g/mol. The van der Waals surface area contributed by atoms with Crippen molar-refractivity contribution in [3.63, 3.8) is 0 Å². The van der Waals surface area contributed by atoms with Gasteiger partial charge >= 0.3 is 0 Å². The third kappa shape index (κ3) is 4.50. The van der Waals surface area contributed by atoms with Crippen molar-refractivity contribution in [1.82, 2.24) is 13.6 Å². The van der Waals surface area contributed by atoms with E-state index in [2.05, 4.69) is 9.98 Å². The summed E-state index contributed by atoms with van der Waals surface area (Å²) in [4.78, 5) is 21.1. The summed E-state index contributed by atoms with van der Waals surface area (Å²) in [5.41, 5.74) is 4.33. The Morgan fingerprint density at radius 1 is 1.10 bits per heavy atom. The first-order valence-corrected chi connectivity index (χ1v) is 15.4. The van der Waals surface area contributed by atoms with E-state index >= 15 is 4.39 Å². The largest absolute Gasteiger partial charge is 0.369 e. The summed E-state index contributed by atoms with van der Waals surface area (Å²) in [7, 11) is -7.27. The van der Waals surface area contributed by atoms with Crippen LogP contribution < -0.4 is 5.73 Å². The number of nitrogens with two attached hydrogens (primary N) is 1. The van der Waals surface area contributed by atoms with Gasteiger partial charge in [-0.1, -0.05) is 24.3 Å². The van der Waals surface area contributed by atoms with Gasteiger partial charge in [-0.15, -0.1) is 0 Å². The number of sulfonamides is 2. The molecule has 2 aliphatic rings. The van der Waals surface area contributed by atoms with Gasteiger partial charge in [-0.05, 0) is 55.3 Å². The van der Waals surface area contributed by atoms with E-state index in [-0.39, 0.29) is 41.5 Å². The van der Waals surface area contributed by atoms with Crippen LogP contribution in [-0.4, -0.2) is 67.1 Å². The molecular formula is C27H27F2N5O5S2. The number of hydrogen-bond donors (Lipinski definition) is 1. The molecule has 0 aliphatic carbocycles. The number of nitrogens with zero attached hydrogens (tertiary/aromatic N) is 4. The Morgan fingerprint density at radius 2 is 1.80 bits per heavy atom. The molecule has 216 valence electrons. The summed E-state index contributed by atoms with van der Waals surface area (Å²) in [5, 5.41) is 0. The van der Waals surface area contributed by atoms with E-state index in [1.165, 1.54) is 44.3 Å². The van der Waals surface area contributed by atoms with Crippen LogP contribution in [0, 0.1) is 11.6 Å². The number of aromatic nitrogens is 1. The van der Waals surface area contributed by atoms with E-state index in [0.717, 1.165) is 26.9 Å². The molecule has 2 aliphatic heterocycles. The SMILES string of the molecule is CN1C(N)=N[C@](C)(c2cc(CC(=O)c3ccc(F)cn3)ccc2F)[C@]2(CCN(S(=O)(=O)c3ccccc3)C2)S1(=O)=O. The molecule has 1 spiro atoms. The van der Waals surface area contributed by atoms with E-state index in [1.807, 2.05) is 0 Å². The maximum absolute atomic E-state index is 15.6. The predicted octanol–water partition coefficient (Wildman–Crippen LogP) is 2.42. The van der Waals surface area contributed by atoms with E-state index in [9.17, 15) is 26.0 Å². The summed E-state index contributed by atoms with van der Waals surface area (Å²) >= 11 is 0. The van der Waals surface area contributed by atoms with Crippen LogP contribution in [0.4, 0.5) is 8.78 Å². The molecule has 3 heterocycles. The first-order valence-electron chi connectivity index (χ1n) is 12.6. The van der Waals surface area contributed by atoms with Crippen molar-refractivity contribution in [2.75, 3.05) is 20.1 Å². The lowest BCUT2D eigenvalue weighted by Crippen LogP contribution is -2.66. The molecule has 2 atom stereocenters. The van der Waals surface area contributed by atoms with Gasteiger partial charge in [0.25, 0.3) is 0 Å². The molecule has 1 fully saturated rings. The summed E-state index contributed by atoms with van der Waals surface area (Å²) in [6.07, 6.45) is 0.473. The number of pyridine rings is 1. The highest BCUT2D eigenvalue weighted by atomic mass is 32.2. The number of rotatable bonds is 6. The fraction of sp³-hybridized carbons (Fsp3) is 0.296. The number of benzene rings is 2. The van der Waals surface area contributed by atoms with E-state index in [0.29, 0.717) is 5.56 Å². The molecule has 3 aromatic rings. The average molecular weight is 604 g/mol. The summed E-state index contributed by atoms with van der Waals surface area (Å²) in [6, 6.07) is 13.7. The van der Waals surface area contributed by atoms with E-state index < -0.39 is 54.3 Å². The number of carbonyl (C=O) groups is 1. The fourth-order valence-corrected chi connectivity index (χ4v) is 9.26. The highest BCUT2D eigenvalue weighted by Crippen LogP contribution is 2.52. The summed E-state index contributed by atoms with van der Waals surface area (Å²) in [6.45, 7) is 0.742. The monoisotopic (exact) mass is 603 g/mol. The molecule has 10 nitrogen and oxygen atoms in total. The molecule has 14 heteroatoms. The van der Waals surface area contributed by atoms with Crippen LogP contribution in [0.25, 0.3) is 0 Å².